The van der Waals surface area contributed by atoms with Crippen LogP contribution in [0.2, 0.25) is 5.02 Å². The molecule has 1 aliphatic carbocycles. The first kappa shape index (κ1) is 18.4. The van der Waals surface area contributed by atoms with Crippen molar-refractivity contribution in [2.45, 2.75) is 51.9 Å². The van der Waals surface area contributed by atoms with Gasteiger partial charge in [-0.1, -0.05) is 30.2 Å². The Bertz CT molecular complexity index is 833. The highest BCUT2D eigenvalue weighted by molar-refractivity contribution is 6.30. The number of nitrogens with zero attached hydrogens (tertiary/aromatic N) is 3. The Kier molecular flexibility index (Phi) is 5.45. The van der Waals surface area contributed by atoms with E-state index in [2.05, 4.69) is 15.3 Å². The van der Waals surface area contributed by atoms with Crippen LogP contribution in [-0.4, -0.2) is 27.1 Å². The molecule has 4 rings (SSSR count). The Labute approximate surface area is 163 Å². The van der Waals surface area contributed by atoms with Crippen LogP contribution < -0.4 is 5.32 Å². The van der Waals surface area contributed by atoms with E-state index in [1.165, 1.54) is 0 Å². The summed E-state index contributed by atoms with van der Waals surface area (Å²) >= 11 is 5.90. The lowest BCUT2D eigenvalue weighted by molar-refractivity contribution is -0.127. The van der Waals surface area contributed by atoms with Crippen molar-refractivity contribution < 1.29 is 9.18 Å². The lowest BCUT2D eigenvalue weighted by Gasteiger charge is -2.23. The third kappa shape index (κ3) is 4.17. The quantitative estimate of drug-likeness (QED) is 0.850. The van der Waals surface area contributed by atoms with E-state index in [0.29, 0.717) is 25.2 Å². The van der Waals surface area contributed by atoms with E-state index >= 15 is 0 Å². The molecule has 2 aliphatic rings. The first-order valence-corrected chi connectivity index (χ1v) is 9.96. The van der Waals surface area contributed by atoms with Crippen LogP contribution in [0.25, 0.3) is 0 Å². The third-order valence-electron chi connectivity index (χ3n) is 5.49. The summed E-state index contributed by atoms with van der Waals surface area (Å²) < 4.78 is 16.2. The molecule has 1 N–H and O–H groups in total. The van der Waals surface area contributed by atoms with Gasteiger partial charge < -0.3 is 5.32 Å². The molecule has 0 spiro atoms. The number of amides is 1. The van der Waals surface area contributed by atoms with Crippen LogP contribution in [0.5, 0.6) is 0 Å². The third-order valence-corrected chi connectivity index (χ3v) is 5.78. The molecule has 0 saturated heterocycles. The SMILES string of the molecule is O=C(NCc1cc2n(n1)CCCN(Cc1cccc(Cl)c1F)C2)C1CCC1. The van der Waals surface area contributed by atoms with Crippen molar-refractivity contribution in [1.29, 1.82) is 0 Å². The van der Waals surface area contributed by atoms with E-state index in [1.807, 2.05) is 10.7 Å². The average Bonchev–Trinajstić information content (AvgIpc) is 2.88. The number of hydrogen-bond donors (Lipinski definition) is 1. The number of fused-ring (bicyclic) bond motifs is 1. The molecule has 144 valence electrons. The van der Waals surface area contributed by atoms with Gasteiger partial charge in [-0.25, -0.2) is 4.39 Å². The number of benzene rings is 1. The summed E-state index contributed by atoms with van der Waals surface area (Å²) in [6.07, 6.45) is 4.10. The standard InChI is InChI=1S/C20H24ClFN4O/c21-18-7-2-6-15(19(18)22)12-25-8-3-9-26-17(13-25)10-16(24-26)11-23-20(27)14-4-1-5-14/h2,6-7,10,14H,1,3-5,8-9,11-13H2,(H,23,27). The molecule has 2 aromatic rings. The summed E-state index contributed by atoms with van der Waals surface area (Å²) in [6.45, 7) is 3.41. The molecule has 0 atom stereocenters. The molecular weight excluding hydrogens is 367 g/mol. The Morgan fingerprint density at radius 2 is 2.15 bits per heavy atom. The zero-order valence-corrected chi connectivity index (χ0v) is 16.0. The molecule has 1 amide bonds. The maximum Gasteiger partial charge on any atom is 0.223 e. The monoisotopic (exact) mass is 390 g/mol. The highest BCUT2D eigenvalue weighted by Gasteiger charge is 2.25. The van der Waals surface area contributed by atoms with Gasteiger partial charge in [0.05, 0.1) is 23.0 Å². The van der Waals surface area contributed by atoms with E-state index in [0.717, 1.165) is 50.2 Å². The number of carbonyl (C=O) groups excluding carboxylic acids is 1. The molecule has 0 unspecified atom stereocenters. The van der Waals surface area contributed by atoms with Gasteiger partial charge in [-0.2, -0.15) is 5.10 Å². The van der Waals surface area contributed by atoms with Gasteiger partial charge in [0.15, 0.2) is 0 Å². The summed E-state index contributed by atoms with van der Waals surface area (Å²) in [5.41, 5.74) is 2.60. The summed E-state index contributed by atoms with van der Waals surface area (Å²) in [5.74, 6) is -0.00709. The predicted molar refractivity (Wildman–Crippen MR) is 102 cm³/mol. The second kappa shape index (κ2) is 7.98. The Balaban J connectivity index is 1.40. The van der Waals surface area contributed by atoms with Crippen molar-refractivity contribution in [3.8, 4) is 0 Å². The zero-order valence-electron chi connectivity index (χ0n) is 15.3. The van der Waals surface area contributed by atoms with Crippen molar-refractivity contribution in [3.05, 3.63) is 52.1 Å². The fraction of sp³-hybridized carbons (Fsp3) is 0.500. The first-order valence-electron chi connectivity index (χ1n) is 9.58. The molecule has 2 heterocycles. The summed E-state index contributed by atoms with van der Waals surface area (Å²) in [7, 11) is 0. The number of nitrogens with one attached hydrogen (secondary N) is 1. The molecule has 1 aliphatic heterocycles. The van der Waals surface area contributed by atoms with Crippen molar-refractivity contribution in [1.82, 2.24) is 20.0 Å². The lowest BCUT2D eigenvalue weighted by atomic mass is 9.85. The normalized spacial score (nSPS) is 17.9. The van der Waals surface area contributed by atoms with Crippen molar-refractivity contribution >= 4 is 17.5 Å². The van der Waals surface area contributed by atoms with Gasteiger partial charge in [0.2, 0.25) is 5.91 Å². The van der Waals surface area contributed by atoms with E-state index in [-0.39, 0.29) is 22.7 Å². The Hall–Kier alpha value is -1.92. The second-order valence-electron chi connectivity index (χ2n) is 7.47. The van der Waals surface area contributed by atoms with Crippen LogP contribution in [0.15, 0.2) is 24.3 Å². The van der Waals surface area contributed by atoms with Gasteiger partial charge >= 0.3 is 0 Å². The Morgan fingerprint density at radius 3 is 2.93 bits per heavy atom. The smallest absolute Gasteiger partial charge is 0.223 e. The van der Waals surface area contributed by atoms with Gasteiger partial charge in [0.25, 0.3) is 0 Å². The molecular formula is C20H24ClFN4O. The molecule has 7 heteroatoms. The van der Waals surface area contributed by atoms with Crippen LogP contribution in [-0.2, 0) is 31.0 Å². The summed E-state index contributed by atoms with van der Waals surface area (Å²) in [6, 6.07) is 7.19. The minimum Gasteiger partial charge on any atom is -0.350 e. The predicted octanol–water partition coefficient (Wildman–Crippen LogP) is 3.50. The average molecular weight is 391 g/mol. The van der Waals surface area contributed by atoms with Crippen LogP contribution in [0.4, 0.5) is 4.39 Å². The zero-order chi connectivity index (χ0) is 18.8. The van der Waals surface area contributed by atoms with Gasteiger partial charge in [0.1, 0.15) is 5.82 Å². The number of aryl methyl sites for hydroxylation is 1. The van der Waals surface area contributed by atoms with E-state index in [9.17, 15) is 9.18 Å². The van der Waals surface area contributed by atoms with Gasteiger partial charge in [-0.05, 0) is 31.4 Å². The van der Waals surface area contributed by atoms with E-state index in [4.69, 9.17) is 11.6 Å². The minimum absolute atomic E-state index is 0.141. The highest BCUT2D eigenvalue weighted by atomic mass is 35.5. The molecule has 1 aromatic heterocycles. The summed E-state index contributed by atoms with van der Waals surface area (Å²) in [4.78, 5) is 14.2. The first-order chi connectivity index (χ1) is 13.1. The topological polar surface area (TPSA) is 50.2 Å². The van der Waals surface area contributed by atoms with Crippen molar-refractivity contribution in [2.75, 3.05) is 6.54 Å². The number of hydrogen-bond acceptors (Lipinski definition) is 3. The largest absolute Gasteiger partial charge is 0.350 e. The summed E-state index contributed by atoms with van der Waals surface area (Å²) in [5, 5.41) is 7.80. The highest BCUT2D eigenvalue weighted by Crippen LogP contribution is 2.26. The van der Waals surface area contributed by atoms with Crippen LogP contribution in [0, 0.1) is 11.7 Å². The number of rotatable bonds is 5. The van der Waals surface area contributed by atoms with Crippen molar-refractivity contribution in [2.24, 2.45) is 5.92 Å². The van der Waals surface area contributed by atoms with E-state index < -0.39 is 0 Å². The van der Waals surface area contributed by atoms with E-state index in [1.54, 1.807) is 18.2 Å². The van der Waals surface area contributed by atoms with Crippen LogP contribution in [0.1, 0.15) is 42.6 Å². The molecule has 0 bridgehead atoms. The number of halogens is 2. The lowest BCUT2D eigenvalue weighted by Crippen LogP contribution is -2.34. The molecule has 1 aromatic carbocycles. The van der Waals surface area contributed by atoms with Gasteiger partial charge in [0, 0.05) is 37.7 Å². The molecule has 27 heavy (non-hydrogen) atoms. The maximum absolute atomic E-state index is 14.2. The molecule has 0 radical (unpaired) electrons. The second-order valence-corrected chi connectivity index (χ2v) is 7.88. The van der Waals surface area contributed by atoms with Crippen LogP contribution in [0.3, 0.4) is 0 Å². The number of aromatic nitrogens is 2. The maximum atomic E-state index is 14.2. The number of carbonyl (C=O) groups is 1. The fourth-order valence-electron chi connectivity index (χ4n) is 3.71. The van der Waals surface area contributed by atoms with Gasteiger partial charge in [-0.15, -0.1) is 0 Å². The van der Waals surface area contributed by atoms with Crippen molar-refractivity contribution in [3.63, 3.8) is 0 Å². The molecule has 1 fully saturated rings. The molecule has 1 saturated carbocycles. The van der Waals surface area contributed by atoms with Crippen LogP contribution >= 0.6 is 11.6 Å². The minimum atomic E-state index is -0.337. The fourth-order valence-corrected chi connectivity index (χ4v) is 3.91. The molecule has 5 nitrogen and oxygen atoms in total. The van der Waals surface area contributed by atoms with Gasteiger partial charge in [-0.3, -0.25) is 14.4 Å². The Morgan fingerprint density at radius 1 is 1.30 bits per heavy atom.